The monoisotopic (exact) mass is 379 g/mol. The van der Waals surface area contributed by atoms with Gasteiger partial charge in [-0.05, 0) is 29.7 Å². The molecule has 25 heavy (non-hydrogen) atoms. The molecule has 0 unspecified atom stereocenters. The van der Waals surface area contributed by atoms with E-state index < -0.39 is 20.6 Å². The van der Waals surface area contributed by atoms with E-state index in [4.69, 9.17) is 11.6 Å². The van der Waals surface area contributed by atoms with Crippen LogP contribution in [0.4, 0.5) is 5.69 Å². The first-order valence-electron chi connectivity index (χ1n) is 7.36. The van der Waals surface area contributed by atoms with Gasteiger partial charge in [-0.2, -0.15) is 0 Å². The second-order valence-electron chi connectivity index (χ2n) is 5.34. The van der Waals surface area contributed by atoms with E-state index in [0.717, 1.165) is 17.0 Å². The number of aromatic nitrogens is 1. The summed E-state index contributed by atoms with van der Waals surface area (Å²) in [5.41, 5.74) is 0.560. The summed E-state index contributed by atoms with van der Waals surface area (Å²) in [5, 5.41) is 11.9. The van der Waals surface area contributed by atoms with Gasteiger partial charge in [-0.3, -0.25) is 10.1 Å². The summed E-state index contributed by atoms with van der Waals surface area (Å²) in [4.78, 5) is 9.99. The van der Waals surface area contributed by atoms with Crippen molar-refractivity contribution in [1.29, 1.82) is 0 Å². The van der Waals surface area contributed by atoms with Crippen LogP contribution < -0.4 is 4.72 Å². The molecule has 0 spiro atoms. The number of benzene rings is 2. The zero-order chi connectivity index (χ0) is 18.0. The minimum Gasteiger partial charge on any atom is -0.346 e. The largest absolute Gasteiger partial charge is 0.346 e. The highest BCUT2D eigenvalue weighted by Crippen LogP contribution is 2.27. The van der Waals surface area contributed by atoms with Crippen LogP contribution in [0, 0.1) is 10.1 Å². The Morgan fingerprint density at radius 1 is 1.16 bits per heavy atom. The first-order chi connectivity index (χ1) is 11.9. The molecule has 7 nitrogen and oxygen atoms in total. The molecule has 0 atom stereocenters. The van der Waals surface area contributed by atoms with E-state index in [9.17, 15) is 18.5 Å². The summed E-state index contributed by atoms with van der Waals surface area (Å²) in [6.07, 6.45) is 1.88. The Morgan fingerprint density at radius 3 is 2.68 bits per heavy atom. The summed E-state index contributed by atoms with van der Waals surface area (Å²) >= 11 is 5.71. The predicted molar refractivity (Wildman–Crippen MR) is 95.2 cm³/mol. The smallest absolute Gasteiger partial charge is 0.289 e. The highest BCUT2D eigenvalue weighted by molar-refractivity contribution is 7.89. The molecule has 1 heterocycles. The first-order valence-corrected chi connectivity index (χ1v) is 9.22. The second-order valence-corrected chi connectivity index (χ2v) is 7.51. The van der Waals surface area contributed by atoms with Gasteiger partial charge in [0.2, 0.25) is 10.0 Å². The number of nitrogens with zero attached hydrogens (tertiary/aromatic N) is 2. The number of hydrogen-bond donors (Lipinski definition) is 1. The molecular weight excluding hydrogens is 366 g/mol. The lowest BCUT2D eigenvalue weighted by Gasteiger charge is -2.09. The second kappa shape index (κ2) is 6.83. The fraction of sp³-hybridized carbons (Fsp3) is 0.125. The van der Waals surface area contributed by atoms with Gasteiger partial charge in [0.25, 0.3) is 5.69 Å². The molecule has 0 saturated heterocycles. The third-order valence-electron chi connectivity index (χ3n) is 3.75. The number of para-hydroxylation sites is 1. The van der Waals surface area contributed by atoms with Gasteiger partial charge < -0.3 is 4.57 Å². The number of sulfonamides is 1. The van der Waals surface area contributed by atoms with Crippen LogP contribution >= 0.6 is 11.6 Å². The summed E-state index contributed by atoms with van der Waals surface area (Å²) < 4.78 is 29.0. The first kappa shape index (κ1) is 17.4. The van der Waals surface area contributed by atoms with E-state index >= 15 is 0 Å². The molecule has 0 bridgehead atoms. The van der Waals surface area contributed by atoms with Gasteiger partial charge in [-0.1, -0.05) is 29.8 Å². The third-order valence-corrected chi connectivity index (χ3v) is 5.53. The van der Waals surface area contributed by atoms with Gasteiger partial charge in [-0.15, -0.1) is 0 Å². The molecule has 1 aromatic heterocycles. The van der Waals surface area contributed by atoms with Crippen LogP contribution in [-0.2, 0) is 16.6 Å². The SMILES string of the molecule is O=[N+]([O-])c1cc(S(=O)(=O)NCCn2ccc3ccccc32)ccc1Cl. The van der Waals surface area contributed by atoms with E-state index in [2.05, 4.69) is 4.72 Å². The van der Waals surface area contributed by atoms with Crippen LogP contribution in [0.1, 0.15) is 0 Å². The predicted octanol–water partition coefficient (Wildman–Crippen LogP) is 3.18. The van der Waals surface area contributed by atoms with E-state index in [1.165, 1.54) is 12.1 Å². The molecule has 0 radical (unpaired) electrons. The van der Waals surface area contributed by atoms with Crippen LogP contribution in [0.15, 0.2) is 59.6 Å². The summed E-state index contributed by atoms with van der Waals surface area (Å²) in [7, 11) is -3.87. The third kappa shape index (κ3) is 3.65. The average Bonchev–Trinajstić information content (AvgIpc) is 2.98. The Kier molecular flexibility index (Phi) is 4.76. The average molecular weight is 380 g/mol. The van der Waals surface area contributed by atoms with Crippen molar-refractivity contribution < 1.29 is 13.3 Å². The lowest BCUT2D eigenvalue weighted by atomic mass is 10.2. The van der Waals surface area contributed by atoms with Gasteiger partial charge in [-0.25, -0.2) is 13.1 Å². The van der Waals surface area contributed by atoms with Crippen LogP contribution in [0.3, 0.4) is 0 Å². The Balaban J connectivity index is 1.74. The number of halogens is 1. The fourth-order valence-corrected chi connectivity index (χ4v) is 3.75. The highest BCUT2D eigenvalue weighted by Gasteiger charge is 2.20. The summed E-state index contributed by atoms with van der Waals surface area (Å²) in [5.74, 6) is 0. The highest BCUT2D eigenvalue weighted by atomic mass is 35.5. The number of nitro benzene ring substituents is 1. The topological polar surface area (TPSA) is 94.2 Å². The lowest BCUT2D eigenvalue weighted by molar-refractivity contribution is -0.384. The van der Waals surface area contributed by atoms with Crippen molar-refractivity contribution in [3.63, 3.8) is 0 Å². The Labute approximate surface area is 149 Å². The maximum Gasteiger partial charge on any atom is 0.289 e. The summed E-state index contributed by atoms with van der Waals surface area (Å²) in [6.45, 7) is 0.583. The van der Waals surface area contributed by atoms with Crippen LogP contribution in [0.25, 0.3) is 10.9 Å². The molecule has 9 heteroatoms. The maximum absolute atomic E-state index is 12.3. The van der Waals surface area contributed by atoms with Crippen molar-refractivity contribution in [2.45, 2.75) is 11.4 Å². The Morgan fingerprint density at radius 2 is 1.92 bits per heavy atom. The standard InChI is InChI=1S/C16H14ClN3O4S/c17-14-6-5-13(11-16(14)20(21)22)25(23,24)18-8-10-19-9-7-12-3-1-2-4-15(12)19/h1-7,9,11,18H,8,10H2. The number of fused-ring (bicyclic) bond motifs is 1. The molecule has 0 aliphatic heterocycles. The number of hydrogen-bond acceptors (Lipinski definition) is 4. The van der Waals surface area contributed by atoms with Crippen LogP contribution in [0.5, 0.6) is 0 Å². The molecule has 2 aromatic carbocycles. The lowest BCUT2D eigenvalue weighted by Crippen LogP contribution is -2.27. The van der Waals surface area contributed by atoms with Gasteiger partial charge in [0.1, 0.15) is 5.02 Å². The van der Waals surface area contributed by atoms with Crippen LogP contribution in [0.2, 0.25) is 5.02 Å². The minimum atomic E-state index is -3.87. The zero-order valence-corrected chi connectivity index (χ0v) is 14.5. The Bertz CT molecular complexity index is 1050. The molecule has 3 aromatic rings. The molecule has 0 aliphatic rings. The van der Waals surface area contributed by atoms with Crippen molar-refractivity contribution in [1.82, 2.24) is 9.29 Å². The van der Waals surface area contributed by atoms with Gasteiger partial charge in [0.05, 0.1) is 9.82 Å². The molecule has 1 N–H and O–H groups in total. The fourth-order valence-electron chi connectivity index (χ4n) is 2.52. The minimum absolute atomic E-state index is 0.109. The van der Waals surface area contributed by atoms with E-state index in [0.29, 0.717) is 6.54 Å². The molecule has 0 fully saturated rings. The van der Waals surface area contributed by atoms with Crippen molar-refractivity contribution in [3.05, 3.63) is 69.9 Å². The van der Waals surface area contributed by atoms with Crippen molar-refractivity contribution in [3.8, 4) is 0 Å². The molecule has 130 valence electrons. The number of rotatable bonds is 6. The zero-order valence-electron chi connectivity index (χ0n) is 12.9. The maximum atomic E-state index is 12.3. The van der Waals surface area contributed by atoms with Gasteiger partial charge >= 0.3 is 0 Å². The molecule has 0 saturated carbocycles. The quantitative estimate of drug-likeness (QED) is 0.525. The van der Waals surface area contributed by atoms with Gasteiger partial charge in [0, 0.05) is 30.9 Å². The molecule has 0 amide bonds. The van der Waals surface area contributed by atoms with E-state index in [1.807, 2.05) is 41.1 Å². The number of nitro groups is 1. The van der Waals surface area contributed by atoms with Gasteiger partial charge in [0.15, 0.2) is 0 Å². The summed E-state index contributed by atoms with van der Waals surface area (Å²) in [6, 6.07) is 13.1. The Hall–Kier alpha value is -2.42. The van der Waals surface area contributed by atoms with Crippen molar-refractivity contribution in [2.75, 3.05) is 6.54 Å². The van der Waals surface area contributed by atoms with Crippen molar-refractivity contribution >= 4 is 38.2 Å². The van der Waals surface area contributed by atoms with Crippen molar-refractivity contribution in [2.24, 2.45) is 0 Å². The van der Waals surface area contributed by atoms with E-state index in [1.54, 1.807) is 0 Å². The molecule has 0 aliphatic carbocycles. The normalized spacial score (nSPS) is 11.7. The molecule has 3 rings (SSSR count). The number of nitrogens with one attached hydrogen (secondary N) is 1. The van der Waals surface area contributed by atoms with E-state index in [-0.39, 0.29) is 16.5 Å². The molecular formula is C16H14ClN3O4S. The van der Waals surface area contributed by atoms with Crippen LogP contribution in [-0.4, -0.2) is 24.5 Å².